The maximum Gasteiger partial charge on any atom is 0.261 e. The Morgan fingerprint density at radius 3 is 2.46 bits per heavy atom. The van der Waals surface area contributed by atoms with Crippen molar-refractivity contribution in [1.29, 1.82) is 0 Å². The van der Waals surface area contributed by atoms with Crippen molar-refractivity contribution >= 4 is 23.4 Å². The molecular weight excluding hydrogens is 376 g/mol. The molecule has 2 aromatic carbocycles. The summed E-state index contributed by atoms with van der Waals surface area (Å²) in [6, 6.07) is 14.1. The lowest BCUT2D eigenvalue weighted by molar-refractivity contribution is -0.142. The van der Waals surface area contributed by atoms with E-state index < -0.39 is 6.04 Å². The first-order chi connectivity index (χ1) is 13.3. The number of hydrogen-bond acceptors (Lipinski definition) is 3. The summed E-state index contributed by atoms with van der Waals surface area (Å²) in [7, 11) is 0. The number of ether oxygens (including phenoxy) is 1. The molecular formula is C22H27ClN2O3. The second kappa shape index (κ2) is 10.1. The maximum atomic E-state index is 12.9. The van der Waals surface area contributed by atoms with Gasteiger partial charge in [-0.25, -0.2) is 0 Å². The molecule has 6 heteroatoms. The third-order valence-corrected chi connectivity index (χ3v) is 4.52. The Morgan fingerprint density at radius 2 is 1.82 bits per heavy atom. The van der Waals surface area contributed by atoms with Gasteiger partial charge in [0.15, 0.2) is 6.61 Å². The quantitative estimate of drug-likeness (QED) is 0.726. The standard InChI is InChI=1S/C22H27ClN2O3/c1-15(2)24-22(27)17(4)25(13-18-9-7-10-19(23)12-18)21(26)14-28-20-11-6-5-8-16(20)3/h5-12,15,17H,13-14H2,1-4H3,(H,24,27). The van der Waals surface area contributed by atoms with Crippen LogP contribution in [0.15, 0.2) is 48.5 Å². The number of amides is 2. The lowest BCUT2D eigenvalue weighted by Crippen LogP contribution is -2.50. The summed E-state index contributed by atoms with van der Waals surface area (Å²) < 4.78 is 5.70. The number of aryl methyl sites for hydroxylation is 1. The van der Waals surface area contributed by atoms with Crippen molar-refractivity contribution in [2.24, 2.45) is 0 Å². The predicted octanol–water partition coefficient (Wildman–Crippen LogP) is 3.97. The van der Waals surface area contributed by atoms with Gasteiger partial charge >= 0.3 is 0 Å². The zero-order valence-electron chi connectivity index (χ0n) is 16.7. The maximum absolute atomic E-state index is 12.9. The molecule has 28 heavy (non-hydrogen) atoms. The molecule has 2 aromatic rings. The molecule has 0 radical (unpaired) electrons. The Kier molecular flexibility index (Phi) is 7.88. The molecule has 0 saturated carbocycles. The summed E-state index contributed by atoms with van der Waals surface area (Å²) in [6.45, 7) is 7.52. The van der Waals surface area contributed by atoms with Gasteiger partial charge < -0.3 is 15.0 Å². The molecule has 0 spiro atoms. The molecule has 1 unspecified atom stereocenters. The first kappa shape index (κ1) is 21.8. The third kappa shape index (κ3) is 6.27. The average Bonchev–Trinajstić information content (AvgIpc) is 2.64. The zero-order chi connectivity index (χ0) is 20.7. The fourth-order valence-electron chi connectivity index (χ4n) is 2.76. The SMILES string of the molecule is Cc1ccccc1OCC(=O)N(Cc1cccc(Cl)c1)C(C)C(=O)NC(C)C. The topological polar surface area (TPSA) is 58.6 Å². The molecule has 0 saturated heterocycles. The highest BCUT2D eigenvalue weighted by molar-refractivity contribution is 6.30. The second-order valence-corrected chi connectivity index (χ2v) is 7.48. The fourth-order valence-corrected chi connectivity index (χ4v) is 2.97. The first-order valence-corrected chi connectivity index (χ1v) is 9.68. The third-order valence-electron chi connectivity index (χ3n) is 4.28. The second-order valence-electron chi connectivity index (χ2n) is 7.04. The van der Waals surface area contributed by atoms with E-state index in [9.17, 15) is 9.59 Å². The number of benzene rings is 2. The summed E-state index contributed by atoms with van der Waals surface area (Å²) in [4.78, 5) is 27.0. The Hall–Kier alpha value is -2.53. The summed E-state index contributed by atoms with van der Waals surface area (Å²) in [5.41, 5.74) is 1.79. The molecule has 5 nitrogen and oxygen atoms in total. The minimum absolute atomic E-state index is 0.0127. The molecule has 0 aliphatic heterocycles. The Morgan fingerprint density at radius 1 is 1.11 bits per heavy atom. The van der Waals surface area contributed by atoms with E-state index in [0.717, 1.165) is 11.1 Å². The van der Waals surface area contributed by atoms with Gasteiger partial charge in [-0.1, -0.05) is 41.9 Å². The van der Waals surface area contributed by atoms with Gasteiger partial charge in [0.1, 0.15) is 11.8 Å². The predicted molar refractivity (Wildman–Crippen MR) is 111 cm³/mol. The van der Waals surface area contributed by atoms with Crippen molar-refractivity contribution < 1.29 is 14.3 Å². The van der Waals surface area contributed by atoms with E-state index in [1.807, 2.05) is 57.2 Å². The van der Waals surface area contributed by atoms with Crippen LogP contribution in [0.2, 0.25) is 5.02 Å². The van der Waals surface area contributed by atoms with Crippen LogP contribution in [0.5, 0.6) is 5.75 Å². The van der Waals surface area contributed by atoms with Crippen molar-refractivity contribution in [3.63, 3.8) is 0 Å². The van der Waals surface area contributed by atoms with E-state index in [1.165, 1.54) is 4.90 Å². The van der Waals surface area contributed by atoms with Crippen LogP contribution in [0.3, 0.4) is 0 Å². The van der Waals surface area contributed by atoms with Crippen LogP contribution in [0, 0.1) is 6.92 Å². The van der Waals surface area contributed by atoms with Crippen LogP contribution in [-0.4, -0.2) is 35.4 Å². The molecule has 0 aliphatic rings. The molecule has 1 N–H and O–H groups in total. The van der Waals surface area contributed by atoms with Crippen LogP contribution in [0.4, 0.5) is 0 Å². The van der Waals surface area contributed by atoms with Crippen LogP contribution in [0.25, 0.3) is 0 Å². The molecule has 0 fully saturated rings. The van der Waals surface area contributed by atoms with Gasteiger partial charge in [-0.05, 0) is 57.0 Å². The van der Waals surface area contributed by atoms with Gasteiger partial charge in [0.25, 0.3) is 5.91 Å². The van der Waals surface area contributed by atoms with Gasteiger partial charge in [0.2, 0.25) is 5.91 Å². The van der Waals surface area contributed by atoms with Crippen molar-refractivity contribution in [1.82, 2.24) is 10.2 Å². The van der Waals surface area contributed by atoms with Crippen molar-refractivity contribution in [2.45, 2.75) is 46.3 Å². The van der Waals surface area contributed by atoms with Crippen molar-refractivity contribution in [3.8, 4) is 5.75 Å². The number of hydrogen-bond donors (Lipinski definition) is 1. The lowest BCUT2D eigenvalue weighted by Gasteiger charge is -2.29. The van der Waals surface area contributed by atoms with Gasteiger partial charge in [0.05, 0.1) is 0 Å². The van der Waals surface area contributed by atoms with E-state index in [2.05, 4.69) is 5.32 Å². The normalized spacial score (nSPS) is 11.8. The van der Waals surface area contributed by atoms with E-state index in [0.29, 0.717) is 10.8 Å². The highest BCUT2D eigenvalue weighted by atomic mass is 35.5. The van der Waals surface area contributed by atoms with Gasteiger partial charge in [-0.3, -0.25) is 9.59 Å². The monoisotopic (exact) mass is 402 g/mol. The summed E-state index contributed by atoms with van der Waals surface area (Å²) in [5, 5.41) is 3.44. The van der Waals surface area contributed by atoms with Gasteiger partial charge in [0, 0.05) is 17.6 Å². The van der Waals surface area contributed by atoms with Crippen molar-refractivity contribution in [3.05, 3.63) is 64.7 Å². The number of carbonyl (C=O) groups excluding carboxylic acids is 2. The van der Waals surface area contributed by atoms with E-state index >= 15 is 0 Å². The van der Waals surface area contributed by atoms with Crippen molar-refractivity contribution in [2.75, 3.05) is 6.61 Å². The minimum Gasteiger partial charge on any atom is -0.484 e. The van der Waals surface area contributed by atoms with Crippen LogP contribution in [-0.2, 0) is 16.1 Å². The van der Waals surface area contributed by atoms with E-state index in [-0.39, 0.29) is 31.0 Å². The van der Waals surface area contributed by atoms with Gasteiger partial charge in [-0.15, -0.1) is 0 Å². The molecule has 0 bridgehead atoms. The first-order valence-electron chi connectivity index (χ1n) is 9.30. The number of carbonyl (C=O) groups is 2. The smallest absolute Gasteiger partial charge is 0.261 e. The Bertz CT molecular complexity index is 823. The molecule has 0 heterocycles. The molecule has 150 valence electrons. The van der Waals surface area contributed by atoms with E-state index in [4.69, 9.17) is 16.3 Å². The van der Waals surface area contributed by atoms with Gasteiger partial charge in [-0.2, -0.15) is 0 Å². The van der Waals surface area contributed by atoms with E-state index in [1.54, 1.807) is 19.1 Å². The Balaban J connectivity index is 2.17. The summed E-state index contributed by atoms with van der Waals surface area (Å²) >= 11 is 6.07. The highest BCUT2D eigenvalue weighted by Gasteiger charge is 2.27. The number of para-hydroxylation sites is 1. The van der Waals surface area contributed by atoms with Crippen LogP contribution >= 0.6 is 11.6 Å². The fraction of sp³-hybridized carbons (Fsp3) is 0.364. The number of nitrogens with one attached hydrogen (secondary N) is 1. The highest BCUT2D eigenvalue weighted by Crippen LogP contribution is 2.18. The average molecular weight is 403 g/mol. The molecule has 0 aliphatic carbocycles. The summed E-state index contributed by atoms with van der Waals surface area (Å²) in [6.07, 6.45) is 0. The Labute approximate surface area is 171 Å². The van der Waals surface area contributed by atoms with Crippen LogP contribution in [0.1, 0.15) is 31.9 Å². The number of nitrogens with zero attached hydrogens (tertiary/aromatic N) is 1. The summed E-state index contributed by atoms with van der Waals surface area (Å²) in [5.74, 6) is 0.175. The molecule has 2 amide bonds. The largest absolute Gasteiger partial charge is 0.484 e. The zero-order valence-corrected chi connectivity index (χ0v) is 17.5. The molecule has 0 aromatic heterocycles. The minimum atomic E-state index is -0.644. The number of halogens is 1. The lowest BCUT2D eigenvalue weighted by atomic mass is 10.1. The van der Waals surface area contributed by atoms with Crippen LogP contribution < -0.4 is 10.1 Å². The molecule has 1 atom stereocenters. The molecule has 2 rings (SSSR count). The number of rotatable bonds is 8.